The Labute approximate surface area is 127 Å². The third-order valence-corrected chi connectivity index (χ3v) is 7.20. The van der Waals surface area contributed by atoms with Crippen LogP contribution < -0.4 is 5.32 Å². The summed E-state index contributed by atoms with van der Waals surface area (Å²) in [6, 6.07) is 10.7. The van der Waals surface area contributed by atoms with Crippen molar-refractivity contribution in [3.8, 4) is 0 Å². The van der Waals surface area contributed by atoms with Crippen molar-refractivity contribution in [1.82, 2.24) is 4.90 Å². The summed E-state index contributed by atoms with van der Waals surface area (Å²) in [6.07, 6.45) is 7.08. The van der Waals surface area contributed by atoms with Gasteiger partial charge in [0, 0.05) is 23.7 Å². The normalized spacial score (nSPS) is 43.9. The van der Waals surface area contributed by atoms with Gasteiger partial charge in [0.2, 0.25) is 0 Å². The van der Waals surface area contributed by atoms with Gasteiger partial charge in [-0.05, 0) is 68.2 Å². The SMILES string of the molecule is CC[C@@]12CCCN3CC[C@@H](C4Nc5ccccc5C4C1)[C@H]32. The molecule has 1 aromatic carbocycles. The minimum atomic E-state index is 0.597. The van der Waals surface area contributed by atoms with Gasteiger partial charge in [-0.2, -0.15) is 0 Å². The van der Waals surface area contributed by atoms with Crippen molar-refractivity contribution in [2.45, 2.75) is 57.0 Å². The Morgan fingerprint density at radius 2 is 2.19 bits per heavy atom. The van der Waals surface area contributed by atoms with Gasteiger partial charge in [0.05, 0.1) is 0 Å². The maximum Gasteiger partial charge on any atom is 0.0378 e. The zero-order chi connectivity index (χ0) is 14.0. The first-order valence-electron chi connectivity index (χ1n) is 8.92. The predicted octanol–water partition coefficient (Wildman–Crippen LogP) is 3.85. The molecule has 112 valence electrons. The molecule has 5 atom stereocenters. The second kappa shape index (κ2) is 4.25. The van der Waals surface area contributed by atoms with Crippen LogP contribution in [0.3, 0.4) is 0 Å². The lowest BCUT2D eigenvalue weighted by atomic mass is 9.56. The molecule has 4 aliphatic rings. The maximum atomic E-state index is 3.91. The standard InChI is InChI=1S/C19H26N2/c1-2-19-9-5-10-21-11-8-14(18(19)21)17-15(12-19)13-6-3-4-7-16(13)20-17/h3-4,6-7,14-15,17-18,20H,2,5,8-12H2,1H3/t14-,15?,17?,18-,19+/m0/s1. The molecule has 0 amide bonds. The monoisotopic (exact) mass is 282 g/mol. The lowest BCUT2D eigenvalue weighted by molar-refractivity contribution is -0.0260. The Bertz CT molecular complexity index is 568. The molecular formula is C19H26N2. The fourth-order valence-corrected chi connectivity index (χ4v) is 6.39. The van der Waals surface area contributed by atoms with Crippen molar-refractivity contribution in [2.75, 3.05) is 18.4 Å². The van der Waals surface area contributed by atoms with E-state index in [1.54, 1.807) is 5.56 Å². The highest BCUT2D eigenvalue weighted by Crippen LogP contribution is 2.60. The van der Waals surface area contributed by atoms with E-state index in [1.165, 1.54) is 50.9 Å². The highest BCUT2D eigenvalue weighted by atomic mass is 15.2. The summed E-state index contributed by atoms with van der Waals surface area (Å²) in [5.41, 5.74) is 3.63. The maximum absolute atomic E-state index is 3.91. The van der Waals surface area contributed by atoms with Gasteiger partial charge >= 0.3 is 0 Å². The lowest BCUT2D eigenvalue weighted by Gasteiger charge is -2.55. The number of anilines is 1. The van der Waals surface area contributed by atoms with Crippen molar-refractivity contribution in [3.63, 3.8) is 0 Å². The van der Waals surface area contributed by atoms with Gasteiger partial charge < -0.3 is 5.32 Å². The fraction of sp³-hybridized carbons (Fsp3) is 0.684. The first-order chi connectivity index (χ1) is 10.3. The van der Waals surface area contributed by atoms with Crippen LogP contribution in [0, 0.1) is 11.3 Å². The van der Waals surface area contributed by atoms with Crippen LogP contribution in [0.1, 0.15) is 50.5 Å². The predicted molar refractivity (Wildman–Crippen MR) is 86.6 cm³/mol. The number of para-hydroxylation sites is 1. The van der Waals surface area contributed by atoms with Crippen molar-refractivity contribution in [1.29, 1.82) is 0 Å². The van der Waals surface area contributed by atoms with Crippen molar-refractivity contribution >= 4 is 5.69 Å². The molecule has 3 fully saturated rings. The van der Waals surface area contributed by atoms with Gasteiger partial charge in [-0.25, -0.2) is 0 Å². The molecule has 2 saturated heterocycles. The third kappa shape index (κ3) is 1.52. The first kappa shape index (κ1) is 12.5. The molecule has 2 nitrogen and oxygen atoms in total. The number of nitrogens with one attached hydrogen (secondary N) is 1. The molecule has 5 rings (SSSR count). The van der Waals surface area contributed by atoms with Gasteiger partial charge in [-0.15, -0.1) is 0 Å². The molecule has 1 aromatic rings. The Morgan fingerprint density at radius 1 is 1.29 bits per heavy atom. The number of hydrogen-bond acceptors (Lipinski definition) is 2. The van der Waals surface area contributed by atoms with Gasteiger partial charge in [-0.3, -0.25) is 4.90 Å². The number of fused-ring (bicyclic) bond motifs is 4. The van der Waals surface area contributed by atoms with Crippen LogP contribution in [-0.4, -0.2) is 30.1 Å². The average molecular weight is 282 g/mol. The molecule has 0 aromatic heterocycles. The van der Waals surface area contributed by atoms with E-state index in [2.05, 4.69) is 41.4 Å². The minimum Gasteiger partial charge on any atom is -0.381 e. The van der Waals surface area contributed by atoms with Crippen molar-refractivity contribution < 1.29 is 0 Å². The van der Waals surface area contributed by atoms with E-state index in [9.17, 15) is 0 Å². The molecular weight excluding hydrogens is 256 g/mol. The summed E-state index contributed by atoms with van der Waals surface area (Å²) in [7, 11) is 0. The highest BCUT2D eigenvalue weighted by Gasteiger charge is 2.59. The van der Waals surface area contributed by atoms with E-state index in [1.807, 2.05) is 0 Å². The second-order valence-electron chi connectivity index (χ2n) is 7.82. The number of rotatable bonds is 1. The summed E-state index contributed by atoms with van der Waals surface area (Å²) >= 11 is 0. The average Bonchev–Trinajstić information content (AvgIpc) is 3.11. The van der Waals surface area contributed by atoms with Crippen LogP contribution in [0.2, 0.25) is 0 Å². The fourth-order valence-electron chi connectivity index (χ4n) is 6.39. The summed E-state index contributed by atoms with van der Waals surface area (Å²) in [4.78, 5) is 2.85. The smallest absolute Gasteiger partial charge is 0.0378 e. The Hall–Kier alpha value is -1.02. The second-order valence-corrected chi connectivity index (χ2v) is 7.82. The first-order valence-corrected chi connectivity index (χ1v) is 8.92. The zero-order valence-corrected chi connectivity index (χ0v) is 13.0. The largest absolute Gasteiger partial charge is 0.381 e. The number of hydrogen-bond donors (Lipinski definition) is 1. The third-order valence-electron chi connectivity index (χ3n) is 7.20. The van der Waals surface area contributed by atoms with Crippen LogP contribution in [-0.2, 0) is 0 Å². The molecule has 3 aliphatic heterocycles. The molecule has 0 radical (unpaired) electrons. The number of piperidine rings is 1. The lowest BCUT2D eigenvalue weighted by Crippen LogP contribution is -2.58. The van der Waals surface area contributed by atoms with E-state index in [-0.39, 0.29) is 0 Å². The van der Waals surface area contributed by atoms with Crippen molar-refractivity contribution in [3.05, 3.63) is 29.8 Å². The van der Waals surface area contributed by atoms with Gasteiger partial charge in [0.1, 0.15) is 0 Å². The van der Waals surface area contributed by atoms with E-state index < -0.39 is 0 Å². The van der Waals surface area contributed by atoms with E-state index in [0.29, 0.717) is 11.5 Å². The van der Waals surface area contributed by atoms with Crippen LogP contribution in [0.5, 0.6) is 0 Å². The number of nitrogens with zero attached hydrogens (tertiary/aromatic N) is 1. The molecule has 21 heavy (non-hydrogen) atoms. The molecule has 0 bridgehead atoms. The molecule has 2 heteroatoms. The number of benzene rings is 1. The van der Waals surface area contributed by atoms with E-state index in [0.717, 1.165) is 17.9 Å². The zero-order valence-electron chi connectivity index (χ0n) is 13.0. The van der Waals surface area contributed by atoms with Crippen molar-refractivity contribution in [2.24, 2.45) is 11.3 Å². The molecule has 3 heterocycles. The summed E-state index contributed by atoms with van der Waals surface area (Å²) in [6.45, 7) is 5.15. The summed E-state index contributed by atoms with van der Waals surface area (Å²) in [5.74, 6) is 1.64. The van der Waals surface area contributed by atoms with Crippen LogP contribution >= 0.6 is 0 Å². The highest BCUT2D eigenvalue weighted by molar-refractivity contribution is 5.60. The summed E-state index contributed by atoms with van der Waals surface area (Å²) < 4.78 is 0. The quantitative estimate of drug-likeness (QED) is 0.841. The van der Waals surface area contributed by atoms with Crippen LogP contribution in [0.4, 0.5) is 5.69 Å². The van der Waals surface area contributed by atoms with Gasteiger partial charge in [0.25, 0.3) is 0 Å². The molecule has 2 unspecified atom stereocenters. The summed E-state index contributed by atoms with van der Waals surface area (Å²) in [5, 5.41) is 3.91. The molecule has 0 spiro atoms. The van der Waals surface area contributed by atoms with E-state index >= 15 is 0 Å². The van der Waals surface area contributed by atoms with Crippen LogP contribution in [0.25, 0.3) is 0 Å². The molecule has 1 aliphatic carbocycles. The Balaban J connectivity index is 1.61. The Morgan fingerprint density at radius 3 is 3.10 bits per heavy atom. The molecule has 1 N–H and O–H groups in total. The minimum absolute atomic E-state index is 0.597. The van der Waals surface area contributed by atoms with Gasteiger partial charge in [0.15, 0.2) is 0 Å². The Kier molecular flexibility index (Phi) is 2.54. The van der Waals surface area contributed by atoms with Gasteiger partial charge in [-0.1, -0.05) is 25.1 Å². The molecule has 1 saturated carbocycles. The van der Waals surface area contributed by atoms with Crippen LogP contribution in [0.15, 0.2) is 24.3 Å². The van der Waals surface area contributed by atoms with E-state index in [4.69, 9.17) is 0 Å². The topological polar surface area (TPSA) is 15.3 Å².